The van der Waals surface area contributed by atoms with E-state index in [0.717, 1.165) is 5.56 Å². The predicted molar refractivity (Wildman–Crippen MR) is 65.3 cm³/mol. The Bertz CT molecular complexity index is 443. The summed E-state index contributed by atoms with van der Waals surface area (Å²) in [5.74, 6) is 0. The van der Waals surface area contributed by atoms with Crippen molar-refractivity contribution in [3.05, 3.63) is 29.8 Å². The van der Waals surface area contributed by atoms with Crippen molar-refractivity contribution in [2.24, 2.45) is 5.73 Å². The van der Waals surface area contributed by atoms with Gasteiger partial charge in [-0.05, 0) is 24.6 Å². The summed E-state index contributed by atoms with van der Waals surface area (Å²) < 4.78 is 27.6. The summed E-state index contributed by atoms with van der Waals surface area (Å²) in [5, 5.41) is 0. The highest BCUT2D eigenvalue weighted by molar-refractivity contribution is 7.90. The molecule has 1 atom stereocenters. The fraction of sp³-hybridized carbons (Fsp3) is 0.400. The van der Waals surface area contributed by atoms with Crippen LogP contribution in [0.25, 0.3) is 0 Å². The molecule has 16 heavy (non-hydrogen) atoms. The lowest BCUT2D eigenvalue weighted by molar-refractivity contribution is 0.589. The first kappa shape index (κ1) is 13.0. The van der Waals surface area contributed by atoms with Crippen molar-refractivity contribution in [1.29, 1.82) is 0 Å². The molecule has 0 saturated carbocycles. The van der Waals surface area contributed by atoms with Crippen molar-refractivity contribution >= 4 is 15.9 Å². The Balaban J connectivity index is 2.86. The highest BCUT2D eigenvalue weighted by Gasteiger charge is 2.08. The van der Waals surface area contributed by atoms with E-state index >= 15 is 0 Å². The van der Waals surface area contributed by atoms with Crippen molar-refractivity contribution in [3.8, 4) is 0 Å². The first-order valence-electron chi connectivity index (χ1n) is 5.07. The predicted octanol–water partition coefficient (Wildman–Crippen LogP) is 0.972. The third-order valence-electron chi connectivity index (χ3n) is 2.00. The van der Waals surface area contributed by atoms with Crippen molar-refractivity contribution < 1.29 is 8.42 Å². The topological polar surface area (TPSA) is 84.2 Å². The van der Waals surface area contributed by atoms with Gasteiger partial charge < -0.3 is 5.73 Å². The van der Waals surface area contributed by atoms with Crippen LogP contribution in [-0.4, -0.2) is 15.0 Å². The molecule has 5 nitrogen and oxygen atoms in total. The fourth-order valence-corrected chi connectivity index (χ4v) is 2.16. The number of benzene rings is 1. The largest absolute Gasteiger partial charge is 0.324 e. The number of nitrogens with two attached hydrogens (primary N) is 1. The highest BCUT2D eigenvalue weighted by atomic mass is 32.2. The minimum atomic E-state index is -3.47. The Kier molecular flexibility index (Phi) is 4.28. The quantitative estimate of drug-likeness (QED) is 0.720. The normalized spacial score (nSPS) is 13.4. The van der Waals surface area contributed by atoms with E-state index in [1.54, 1.807) is 25.1 Å². The van der Waals surface area contributed by atoms with Crippen molar-refractivity contribution in [2.45, 2.75) is 19.9 Å². The van der Waals surface area contributed by atoms with Crippen LogP contribution in [0.4, 0.5) is 5.69 Å². The van der Waals surface area contributed by atoms with E-state index in [1.165, 1.54) is 0 Å². The lowest BCUT2D eigenvalue weighted by atomic mass is 10.1. The van der Waals surface area contributed by atoms with Gasteiger partial charge in [0, 0.05) is 12.6 Å². The Morgan fingerprint density at radius 1 is 1.44 bits per heavy atom. The standard InChI is InChI=1S/C10H17N3O2S/c1-3-12-16(14,15)13-10-6-4-5-9(7-10)8(2)11/h4-8,12-13H,3,11H2,1-2H3. The molecule has 90 valence electrons. The summed E-state index contributed by atoms with van der Waals surface area (Å²) >= 11 is 0. The van der Waals surface area contributed by atoms with Gasteiger partial charge in [0.15, 0.2) is 0 Å². The van der Waals surface area contributed by atoms with Crippen LogP contribution in [0.5, 0.6) is 0 Å². The second-order valence-corrected chi connectivity index (χ2v) is 5.02. The van der Waals surface area contributed by atoms with E-state index in [2.05, 4.69) is 9.44 Å². The van der Waals surface area contributed by atoms with Gasteiger partial charge in [0.1, 0.15) is 0 Å². The molecule has 0 bridgehead atoms. The van der Waals surface area contributed by atoms with Gasteiger partial charge in [-0.3, -0.25) is 4.72 Å². The smallest absolute Gasteiger partial charge is 0.299 e. The van der Waals surface area contributed by atoms with E-state index in [1.807, 2.05) is 13.0 Å². The van der Waals surface area contributed by atoms with Crippen LogP contribution in [0.15, 0.2) is 24.3 Å². The first-order valence-corrected chi connectivity index (χ1v) is 6.56. The van der Waals surface area contributed by atoms with Gasteiger partial charge in [0.25, 0.3) is 10.2 Å². The van der Waals surface area contributed by atoms with E-state index in [-0.39, 0.29) is 6.04 Å². The SMILES string of the molecule is CCNS(=O)(=O)Nc1cccc(C(C)N)c1. The second kappa shape index (κ2) is 5.29. The van der Waals surface area contributed by atoms with E-state index in [4.69, 9.17) is 5.73 Å². The molecule has 1 unspecified atom stereocenters. The molecule has 0 aromatic heterocycles. The second-order valence-electron chi connectivity index (χ2n) is 3.52. The molecule has 0 amide bonds. The molecule has 1 aromatic rings. The number of anilines is 1. The van der Waals surface area contributed by atoms with Crippen LogP contribution in [0, 0.1) is 0 Å². The van der Waals surface area contributed by atoms with Crippen LogP contribution >= 0.6 is 0 Å². The first-order chi connectivity index (χ1) is 7.44. The van der Waals surface area contributed by atoms with Crippen LogP contribution < -0.4 is 15.2 Å². The Hall–Kier alpha value is -1.11. The molecule has 0 aliphatic heterocycles. The zero-order valence-electron chi connectivity index (χ0n) is 9.40. The lowest BCUT2D eigenvalue weighted by Crippen LogP contribution is -2.29. The van der Waals surface area contributed by atoms with E-state index in [0.29, 0.717) is 12.2 Å². The minimum absolute atomic E-state index is 0.122. The van der Waals surface area contributed by atoms with Gasteiger partial charge in [-0.25, -0.2) is 0 Å². The zero-order chi connectivity index (χ0) is 12.2. The maximum absolute atomic E-state index is 11.4. The Morgan fingerprint density at radius 2 is 2.12 bits per heavy atom. The summed E-state index contributed by atoms with van der Waals surface area (Å²) in [6, 6.07) is 6.90. The van der Waals surface area contributed by atoms with Gasteiger partial charge in [-0.2, -0.15) is 13.1 Å². The van der Waals surface area contributed by atoms with Crippen LogP contribution in [-0.2, 0) is 10.2 Å². The molecule has 6 heteroatoms. The summed E-state index contributed by atoms with van der Waals surface area (Å²) in [7, 11) is -3.47. The molecule has 4 N–H and O–H groups in total. The molecule has 0 aliphatic rings. The van der Waals surface area contributed by atoms with Crippen LogP contribution in [0.2, 0.25) is 0 Å². The van der Waals surface area contributed by atoms with Crippen molar-refractivity contribution in [3.63, 3.8) is 0 Å². The van der Waals surface area contributed by atoms with Crippen LogP contribution in [0.3, 0.4) is 0 Å². The molecular weight excluding hydrogens is 226 g/mol. The van der Waals surface area contributed by atoms with Gasteiger partial charge in [-0.1, -0.05) is 19.1 Å². The molecule has 0 saturated heterocycles. The monoisotopic (exact) mass is 243 g/mol. The van der Waals surface area contributed by atoms with Gasteiger partial charge >= 0.3 is 0 Å². The van der Waals surface area contributed by atoms with Gasteiger partial charge in [0.2, 0.25) is 0 Å². The molecule has 0 heterocycles. The maximum atomic E-state index is 11.4. The molecule has 0 radical (unpaired) electrons. The minimum Gasteiger partial charge on any atom is -0.324 e. The van der Waals surface area contributed by atoms with Crippen molar-refractivity contribution in [1.82, 2.24) is 4.72 Å². The number of rotatable bonds is 5. The third kappa shape index (κ3) is 3.80. The summed E-state index contributed by atoms with van der Waals surface area (Å²) in [6.45, 7) is 3.91. The number of hydrogen-bond acceptors (Lipinski definition) is 3. The average Bonchev–Trinajstić information content (AvgIpc) is 2.17. The molecule has 0 fully saturated rings. The molecule has 1 aromatic carbocycles. The maximum Gasteiger partial charge on any atom is 0.299 e. The van der Waals surface area contributed by atoms with E-state index in [9.17, 15) is 8.42 Å². The van der Waals surface area contributed by atoms with Gasteiger partial charge in [-0.15, -0.1) is 0 Å². The molecule has 0 aliphatic carbocycles. The summed E-state index contributed by atoms with van der Waals surface area (Å²) in [5.41, 5.74) is 7.11. The lowest BCUT2D eigenvalue weighted by Gasteiger charge is -2.10. The fourth-order valence-electron chi connectivity index (χ4n) is 1.27. The van der Waals surface area contributed by atoms with Crippen molar-refractivity contribution in [2.75, 3.05) is 11.3 Å². The third-order valence-corrected chi connectivity index (χ3v) is 3.17. The highest BCUT2D eigenvalue weighted by Crippen LogP contribution is 2.16. The molecule has 1 rings (SSSR count). The Morgan fingerprint density at radius 3 is 2.69 bits per heavy atom. The van der Waals surface area contributed by atoms with Crippen LogP contribution in [0.1, 0.15) is 25.5 Å². The van der Waals surface area contributed by atoms with Gasteiger partial charge in [0.05, 0.1) is 5.69 Å². The molecular formula is C10H17N3O2S. The molecule has 0 spiro atoms. The van der Waals surface area contributed by atoms with E-state index < -0.39 is 10.2 Å². The number of hydrogen-bond donors (Lipinski definition) is 3. The summed E-state index contributed by atoms with van der Waals surface area (Å²) in [4.78, 5) is 0. The zero-order valence-corrected chi connectivity index (χ0v) is 10.2. The summed E-state index contributed by atoms with van der Waals surface area (Å²) in [6.07, 6.45) is 0. The average molecular weight is 243 g/mol. The number of nitrogens with one attached hydrogen (secondary N) is 2. The Labute approximate surface area is 96.2 Å².